The molecule has 0 aliphatic carbocycles. The molecule has 0 saturated carbocycles. The van der Waals surface area contributed by atoms with Crippen molar-refractivity contribution in [2.45, 2.75) is 13.3 Å². The summed E-state index contributed by atoms with van der Waals surface area (Å²) in [6.45, 7) is 1.85. The van der Waals surface area contributed by atoms with E-state index in [-0.39, 0.29) is 11.3 Å². The van der Waals surface area contributed by atoms with Gasteiger partial charge in [-0.25, -0.2) is 0 Å². The molecule has 0 aliphatic rings. The van der Waals surface area contributed by atoms with E-state index >= 15 is 0 Å². The van der Waals surface area contributed by atoms with Gasteiger partial charge in [-0.3, -0.25) is 15.1 Å². The molecular formula is C21H17ClN2O4. The average molecular weight is 397 g/mol. The molecule has 3 rings (SSSR count). The van der Waals surface area contributed by atoms with Crippen LogP contribution in [0.3, 0.4) is 0 Å². The highest BCUT2D eigenvalue weighted by Gasteiger charge is 2.19. The molecule has 0 atom stereocenters. The van der Waals surface area contributed by atoms with Crippen LogP contribution in [-0.2, 0) is 6.42 Å². The zero-order valence-corrected chi connectivity index (χ0v) is 15.7. The first kappa shape index (κ1) is 19.4. The summed E-state index contributed by atoms with van der Waals surface area (Å²) in [5.74, 6) is -0.508. The minimum atomic E-state index is -0.646. The summed E-state index contributed by atoms with van der Waals surface area (Å²) in [7, 11) is 0. The van der Waals surface area contributed by atoms with Crippen LogP contribution in [-0.4, -0.2) is 21.4 Å². The molecule has 0 bridgehead atoms. The number of rotatable bonds is 5. The number of hydrogen-bond acceptors (Lipinski definition) is 5. The Kier molecular flexibility index (Phi) is 5.61. The molecule has 0 amide bonds. The summed E-state index contributed by atoms with van der Waals surface area (Å²) in [5, 5.41) is 32.1. The summed E-state index contributed by atoms with van der Waals surface area (Å²) in [6, 6.07) is 15.1. The van der Waals surface area contributed by atoms with Crippen LogP contribution < -0.4 is 0 Å². The first-order valence-electron chi connectivity index (χ1n) is 8.42. The van der Waals surface area contributed by atoms with Crippen LogP contribution in [0.5, 0.6) is 11.5 Å². The van der Waals surface area contributed by atoms with Crippen LogP contribution >= 0.6 is 11.6 Å². The van der Waals surface area contributed by atoms with Gasteiger partial charge in [-0.15, -0.1) is 0 Å². The van der Waals surface area contributed by atoms with E-state index in [4.69, 9.17) is 11.6 Å². The van der Waals surface area contributed by atoms with Gasteiger partial charge in [0.15, 0.2) is 0 Å². The van der Waals surface area contributed by atoms with Gasteiger partial charge in [0.05, 0.1) is 4.92 Å². The largest absolute Gasteiger partial charge is 0.506 e. The van der Waals surface area contributed by atoms with Gasteiger partial charge < -0.3 is 10.2 Å². The molecule has 6 nitrogen and oxygen atoms in total. The van der Waals surface area contributed by atoms with Gasteiger partial charge in [-0.1, -0.05) is 35.9 Å². The van der Waals surface area contributed by atoms with Crippen molar-refractivity contribution in [1.29, 1.82) is 0 Å². The number of aliphatic imine (C=N–C) groups is 1. The van der Waals surface area contributed by atoms with Crippen molar-refractivity contribution in [3.63, 3.8) is 0 Å². The van der Waals surface area contributed by atoms with Crippen LogP contribution in [0.1, 0.15) is 22.3 Å². The number of aromatic hydroxyl groups is 2. The number of halogens is 1. The summed E-state index contributed by atoms with van der Waals surface area (Å²) < 4.78 is 0. The number of benzene rings is 3. The first-order chi connectivity index (χ1) is 13.3. The number of nitro groups is 1. The monoisotopic (exact) mass is 396 g/mol. The highest BCUT2D eigenvalue weighted by Crippen LogP contribution is 2.33. The van der Waals surface area contributed by atoms with Crippen molar-refractivity contribution in [2.24, 2.45) is 4.99 Å². The van der Waals surface area contributed by atoms with Gasteiger partial charge in [0, 0.05) is 22.9 Å². The van der Waals surface area contributed by atoms with Crippen molar-refractivity contribution < 1.29 is 15.1 Å². The van der Waals surface area contributed by atoms with Crippen molar-refractivity contribution in [1.82, 2.24) is 0 Å². The average Bonchev–Trinajstić information content (AvgIpc) is 2.66. The molecular weight excluding hydrogens is 380 g/mol. The molecule has 0 aliphatic heterocycles. The second-order valence-corrected chi connectivity index (χ2v) is 6.74. The normalized spacial score (nSPS) is 11.1. The molecule has 2 N–H and O–H groups in total. The fraction of sp³-hybridized carbons (Fsp3) is 0.0952. The third kappa shape index (κ3) is 4.29. The molecule has 0 unspecified atom stereocenters. The number of phenolic OH excluding ortho intramolecular Hbond substituents is 2. The van der Waals surface area contributed by atoms with Crippen LogP contribution in [0, 0.1) is 17.0 Å². The maximum Gasteiger partial charge on any atom is 0.311 e. The Bertz CT molecular complexity index is 1080. The van der Waals surface area contributed by atoms with Gasteiger partial charge in [-0.2, -0.15) is 0 Å². The maximum atomic E-state index is 11.4. The third-order valence-corrected chi connectivity index (χ3v) is 4.57. The standard InChI is InChI=1S/C21H17ClN2O4/c1-13-6-7-20(25)18(8-13)23-12-16-10-14(11-19(21(16)26)24(27)28)9-15-4-2-3-5-17(15)22/h2-8,10-12,25-26H,9H2,1H3. The topological polar surface area (TPSA) is 96.0 Å². The van der Waals surface area contributed by atoms with E-state index in [9.17, 15) is 20.3 Å². The van der Waals surface area contributed by atoms with E-state index in [0.717, 1.165) is 11.1 Å². The quantitative estimate of drug-likeness (QED) is 0.347. The van der Waals surface area contributed by atoms with E-state index in [0.29, 0.717) is 22.7 Å². The highest BCUT2D eigenvalue weighted by molar-refractivity contribution is 6.31. The zero-order chi connectivity index (χ0) is 20.3. The molecule has 0 spiro atoms. The van der Waals surface area contributed by atoms with Crippen molar-refractivity contribution in [3.8, 4) is 11.5 Å². The second-order valence-electron chi connectivity index (χ2n) is 6.33. The summed E-state index contributed by atoms with van der Waals surface area (Å²) in [5.41, 5.74) is 2.37. The Hall–Kier alpha value is -3.38. The molecule has 7 heteroatoms. The maximum absolute atomic E-state index is 11.4. The summed E-state index contributed by atoms with van der Waals surface area (Å²) in [4.78, 5) is 14.9. The molecule has 0 radical (unpaired) electrons. The van der Waals surface area contributed by atoms with E-state index in [1.54, 1.807) is 30.3 Å². The van der Waals surface area contributed by atoms with Crippen LogP contribution in [0.4, 0.5) is 11.4 Å². The second kappa shape index (κ2) is 8.10. The molecule has 3 aromatic rings. The Morgan fingerprint density at radius 1 is 1.14 bits per heavy atom. The number of hydrogen-bond donors (Lipinski definition) is 2. The number of nitro benzene ring substituents is 1. The number of aryl methyl sites for hydroxylation is 1. The fourth-order valence-corrected chi connectivity index (χ4v) is 2.98. The zero-order valence-electron chi connectivity index (χ0n) is 15.0. The van der Waals surface area contributed by atoms with Gasteiger partial charge in [0.25, 0.3) is 0 Å². The lowest BCUT2D eigenvalue weighted by Crippen LogP contribution is -1.97. The predicted molar refractivity (Wildman–Crippen MR) is 109 cm³/mol. The van der Waals surface area contributed by atoms with Gasteiger partial charge >= 0.3 is 5.69 Å². The van der Waals surface area contributed by atoms with Crippen LogP contribution in [0.15, 0.2) is 59.6 Å². The summed E-state index contributed by atoms with van der Waals surface area (Å²) in [6.07, 6.45) is 1.66. The van der Waals surface area contributed by atoms with E-state index in [1.165, 1.54) is 18.3 Å². The molecule has 0 heterocycles. The van der Waals surface area contributed by atoms with Crippen molar-refractivity contribution in [2.75, 3.05) is 0 Å². The minimum absolute atomic E-state index is 0.0249. The predicted octanol–water partition coefficient (Wildman–Crippen LogP) is 5.31. The molecule has 0 aromatic heterocycles. The van der Waals surface area contributed by atoms with E-state index in [2.05, 4.69) is 4.99 Å². The molecule has 0 fully saturated rings. The fourth-order valence-electron chi connectivity index (χ4n) is 2.78. The Morgan fingerprint density at radius 3 is 2.61 bits per heavy atom. The number of nitrogens with zero attached hydrogens (tertiary/aromatic N) is 2. The lowest BCUT2D eigenvalue weighted by molar-refractivity contribution is -0.385. The van der Waals surface area contributed by atoms with Gasteiger partial charge in [-0.05, 0) is 54.3 Å². The van der Waals surface area contributed by atoms with Crippen molar-refractivity contribution in [3.05, 3.63) is 92.0 Å². The first-order valence-corrected chi connectivity index (χ1v) is 8.80. The van der Waals surface area contributed by atoms with Gasteiger partial charge in [0.2, 0.25) is 5.75 Å². The van der Waals surface area contributed by atoms with Crippen LogP contribution in [0.25, 0.3) is 0 Å². The van der Waals surface area contributed by atoms with Gasteiger partial charge in [0.1, 0.15) is 11.4 Å². The molecule has 142 valence electrons. The third-order valence-electron chi connectivity index (χ3n) is 4.20. The van der Waals surface area contributed by atoms with Crippen LogP contribution in [0.2, 0.25) is 5.02 Å². The Labute approximate surface area is 166 Å². The molecule has 3 aromatic carbocycles. The SMILES string of the molecule is Cc1ccc(O)c(N=Cc2cc(Cc3ccccc3Cl)cc([N+](=O)[O-])c2O)c1. The Morgan fingerprint density at radius 2 is 1.89 bits per heavy atom. The smallest absolute Gasteiger partial charge is 0.311 e. The molecule has 0 saturated heterocycles. The lowest BCUT2D eigenvalue weighted by Gasteiger charge is -2.08. The van der Waals surface area contributed by atoms with E-state index < -0.39 is 16.4 Å². The Balaban J connectivity index is 2.03. The summed E-state index contributed by atoms with van der Waals surface area (Å²) >= 11 is 6.18. The highest BCUT2D eigenvalue weighted by atomic mass is 35.5. The number of phenols is 2. The van der Waals surface area contributed by atoms with Crippen molar-refractivity contribution >= 4 is 29.2 Å². The minimum Gasteiger partial charge on any atom is -0.506 e. The lowest BCUT2D eigenvalue weighted by atomic mass is 10.0. The van der Waals surface area contributed by atoms with E-state index in [1.807, 2.05) is 19.1 Å². The molecule has 28 heavy (non-hydrogen) atoms.